The predicted octanol–water partition coefficient (Wildman–Crippen LogP) is 0.750. The second-order valence-corrected chi connectivity index (χ2v) is 5.50. The number of nitrogens with two attached hydrogens (primary N) is 1. The van der Waals surface area contributed by atoms with E-state index in [9.17, 15) is 0 Å². The number of likely N-dealkylation sites (tertiary alicyclic amines) is 1. The van der Waals surface area contributed by atoms with Gasteiger partial charge in [-0.25, -0.2) is 0 Å². The van der Waals surface area contributed by atoms with Crippen molar-refractivity contribution in [3.05, 3.63) is 0 Å². The topological polar surface area (TPSA) is 32.5 Å². The normalized spacial score (nSPS) is 27.2. The number of nitrogens with zero attached hydrogens (tertiary/aromatic N) is 2. The molecule has 0 radical (unpaired) electrons. The summed E-state index contributed by atoms with van der Waals surface area (Å²) in [6.45, 7) is 3.61. The highest BCUT2D eigenvalue weighted by molar-refractivity contribution is 4.87. The summed E-state index contributed by atoms with van der Waals surface area (Å²) in [7, 11) is 4.38. The molecule has 1 aliphatic carbocycles. The SMILES string of the molecule is CN(C)C1CCN(CC(N)C2CC2)CC1. The van der Waals surface area contributed by atoms with Gasteiger partial charge < -0.3 is 15.5 Å². The zero-order chi connectivity index (χ0) is 10.8. The Morgan fingerprint density at radius 3 is 2.27 bits per heavy atom. The molecule has 1 unspecified atom stereocenters. The molecular formula is C12H25N3. The Kier molecular flexibility index (Phi) is 3.65. The third kappa shape index (κ3) is 3.16. The maximum absolute atomic E-state index is 6.15. The van der Waals surface area contributed by atoms with Crippen LogP contribution in [0.2, 0.25) is 0 Å². The van der Waals surface area contributed by atoms with E-state index in [1.807, 2.05) is 0 Å². The lowest BCUT2D eigenvalue weighted by molar-refractivity contribution is 0.137. The van der Waals surface area contributed by atoms with Crippen molar-refractivity contribution in [1.82, 2.24) is 9.80 Å². The molecule has 1 heterocycles. The van der Waals surface area contributed by atoms with Crippen molar-refractivity contribution >= 4 is 0 Å². The maximum atomic E-state index is 6.15. The summed E-state index contributed by atoms with van der Waals surface area (Å²) in [5, 5.41) is 0. The summed E-state index contributed by atoms with van der Waals surface area (Å²) in [4.78, 5) is 4.92. The molecule has 1 saturated carbocycles. The Labute approximate surface area is 93.6 Å². The number of hydrogen-bond acceptors (Lipinski definition) is 3. The number of hydrogen-bond donors (Lipinski definition) is 1. The second kappa shape index (κ2) is 4.81. The van der Waals surface area contributed by atoms with Crippen LogP contribution in [0.5, 0.6) is 0 Å². The van der Waals surface area contributed by atoms with Gasteiger partial charge in [0.2, 0.25) is 0 Å². The average molecular weight is 211 g/mol. The second-order valence-electron chi connectivity index (χ2n) is 5.50. The monoisotopic (exact) mass is 211 g/mol. The van der Waals surface area contributed by atoms with Gasteiger partial charge in [-0.05, 0) is 58.8 Å². The van der Waals surface area contributed by atoms with Crippen LogP contribution >= 0.6 is 0 Å². The van der Waals surface area contributed by atoms with E-state index >= 15 is 0 Å². The van der Waals surface area contributed by atoms with Crippen molar-refractivity contribution in [3.63, 3.8) is 0 Å². The first kappa shape index (κ1) is 11.4. The first-order valence-electron chi connectivity index (χ1n) is 6.31. The Hall–Kier alpha value is -0.120. The minimum absolute atomic E-state index is 0.445. The van der Waals surface area contributed by atoms with Crippen molar-refractivity contribution in [3.8, 4) is 0 Å². The van der Waals surface area contributed by atoms with Gasteiger partial charge >= 0.3 is 0 Å². The fourth-order valence-corrected chi connectivity index (χ4v) is 2.59. The minimum atomic E-state index is 0.445. The molecule has 0 aromatic carbocycles. The highest BCUT2D eigenvalue weighted by Gasteiger charge is 2.30. The van der Waals surface area contributed by atoms with Gasteiger partial charge in [0.25, 0.3) is 0 Å². The quantitative estimate of drug-likeness (QED) is 0.745. The Bertz CT molecular complexity index is 193. The van der Waals surface area contributed by atoms with Gasteiger partial charge in [0.05, 0.1) is 0 Å². The zero-order valence-electron chi connectivity index (χ0n) is 10.2. The molecular weight excluding hydrogens is 186 g/mol. The molecule has 1 atom stereocenters. The lowest BCUT2D eigenvalue weighted by atomic mass is 10.0. The van der Waals surface area contributed by atoms with Gasteiger partial charge in [-0.1, -0.05) is 0 Å². The third-order valence-corrected chi connectivity index (χ3v) is 3.98. The molecule has 88 valence electrons. The molecule has 2 rings (SSSR count). The zero-order valence-corrected chi connectivity index (χ0v) is 10.2. The van der Waals surface area contributed by atoms with Crippen LogP contribution in [0.4, 0.5) is 0 Å². The first-order chi connectivity index (χ1) is 7.16. The van der Waals surface area contributed by atoms with E-state index in [-0.39, 0.29) is 0 Å². The molecule has 3 nitrogen and oxygen atoms in total. The van der Waals surface area contributed by atoms with E-state index in [2.05, 4.69) is 23.9 Å². The van der Waals surface area contributed by atoms with Crippen LogP contribution < -0.4 is 5.73 Å². The molecule has 1 aliphatic heterocycles. The van der Waals surface area contributed by atoms with Crippen LogP contribution in [-0.4, -0.2) is 55.6 Å². The average Bonchev–Trinajstić information content (AvgIpc) is 3.01. The van der Waals surface area contributed by atoms with Crippen LogP contribution in [0.25, 0.3) is 0 Å². The molecule has 2 fully saturated rings. The number of piperidine rings is 1. The molecule has 2 N–H and O–H groups in total. The van der Waals surface area contributed by atoms with E-state index in [0.29, 0.717) is 6.04 Å². The van der Waals surface area contributed by atoms with Gasteiger partial charge in [-0.15, -0.1) is 0 Å². The molecule has 3 heteroatoms. The molecule has 0 aromatic heterocycles. The highest BCUT2D eigenvalue weighted by atomic mass is 15.2. The van der Waals surface area contributed by atoms with Gasteiger partial charge in [-0.2, -0.15) is 0 Å². The van der Waals surface area contributed by atoms with Crippen molar-refractivity contribution in [2.75, 3.05) is 33.7 Å². The summed E-state index contributed by atoms with van der Waals surface area (Å²) in [6.07, 6.45) is 5.36. The summed E-state index contributed by atoms with van der Waals surface area (Å²) in [6, 6.07) is 1.24. The van der Waals surface area contributed by atoms with Crippen LogP contribution in [0.15, 0.2) is 0 Å². The van der Waals surface area contributed by atoms with E-state index < -0.39 is 0 Å². The predicted molar refractivity (Wildman–Crippen MR) is 63.8 cm³/mol. The Morgan fingerprint density at radius 2 is 1.80 bits per heavy atom. The van der Waals surface area contributed by atoms with Gasteiger partial charge in [0.1, 0.15) is 0 Å². The van der Waals surface area contributed by atoms with Gasteiger partial charge in [0.15, 0.2) is 0 Å². The molecule has 15 heavy (non-hydrogen) atoms. The van der Waals surface area contributed by atoms with Crippen molar-refractivity contribution in [1.29, 1.82) is 0 Å². The third-order valence-electron chi connectivity index (χ3n) is 3.98. The Balaban J connectivity index is 1.68. The first-order valence-corrected chi connectivity index (χ1v) is 6.31. The smallest absolute Gasteiger partial charge is 0.0196 e. The van der Waals surface area contributed by atoms with E-state index in [4.69, 9.17) is 5.73 Å². The van der Waals surface area contributed by atoms with Gasteiger partial charge in [-0.3, -0.25) is 0 Å². The molecule has 0 aromatic rings. The number of rotatable bonds is 4. The summed E-state index contributed by atoms with van der Waals surface area (Å²) >= 11 is 0. The van der Waals surface area contributed by atoms with E-state index in [1.54, 1.807) is 0 Å². The van der Waals surface area contributed by atoms with Crippen LogP contribution in [0.1, 0.15) is 25.7 Å². The van der Waals surface area contributed by atoms with Crippen LogP contribution in [0.3, 0.4) is 0 Å². The fraction of sp³-hybridized carbons (Fsp3) is 1.00. The van der Waals surface area contributed by atoms with E-state index in [0.717, 1.165) is 18.5 Å². The van der Waals surface area contributed by atoms with Crippen molar-refractivity contribution in [2.24, 2.45) is 11.7 Å². The minimum Gasteiger partial charge on any atom is -0.326 e. The van der Waals surface area contributed by atoms with E-state index in [1.165, 1.54) is 38.8 Å². The van der Waals surface area contributed by atoms with Gasteiger partial charge in [0, 0.05) is 18.6 Å². The van der Waals surface area contributed by atoms with Crippen LogP contribution in [-0.2, 0) is 0 Å². The molecule has 2 aliphatic rings. The lowest BCUT2D eigenvalue weighted by Gasteiger charge is -2.36. The maximum Gasteiger partial charge on any atom is 0.0196 e. The standard InChI is InChI=1S/C12H25N3/c1-14(2)11-5-7-15(8-6-11)9-12(13)10-3-4-10/h10-12H,3-9,13H2,1-2H3. The molecule has 0 spiro atoms. The largest absolute Gasteiger partial charge is 0.326 e. The Morgan fingerprint density at radius 1 is 1.20 bits per heavy atom. The summed E-state index contributed by atoms with van der Waals surface area (Å²) < 4.78 is 0. The van der Waals surface area contributed by atoms with Crippen molar-refractivity contribution < 1.29 is 0 Å². The summed E-state index contributed by atoms with van der Waals surface area (Å²) in [5.41, 5.74) is 6.15. The lowest BCUT2D eigenvalue weighted by Crippen LogP contribution is -2.46. The fourth-order valence-electron chi connectivity index (χ4n) is 2.59. The molecule has 0 amide bonds. The molecule has 0 bridgehead atoms. The van der Waals surface area contributed by atoms with Crippen LogP contribution in [0, 0.1) is 5.92 Å². The highest BCUT2D eigenvalue weighted by Crippen LogP contribution is 2.32. The molecule has 1 saturated heterocycles. The van der Waals surface area contributed by atoms with Crippen molar-refractivity contribution in [2.45, 2.75) is 37.8 Å². The summed E-state index contributed by atoms with van der Waals surface area (Å²) in [5.74, 6) is 0.844.